The van der Waals surface area contributed by atoms with Gasteiger partial charge in [-0.05, 0) is 146 Å². The lowest BCUT2D eigenvalue weighted by molar-refractivity contribution is -0.386. The van der Waals surface area contributed by atoms with Crippen molar-refractivity contribution in [2.45, 2.75) is 189 Å². The number of aryl methyl sites for hydroxylation is 1. The first-order valence-electron chi connectivity index (χ1n) is 47.1. The number of nitrogens with zero attached hydrogens (tertiary/aromatic N) is 12. The van der Waals surface area contributed by atoms with Crippen molar-refractivity contribution >= 4 is 93.5 Å². The maximum absolute atomic E-state index is 14.1. The molecule has 7 heterocycles. The molecule has 15 aromatic rings. The number of H-pyrrole nitrogens is 1. The second-order valence-electron chi connectivity index (χ2n) is 37.9. The topological polar surface area (TPSA) is 375 Å². The van der Waals surface area contributed by atoms with Crippen molar-refractivity contribution in [1.29, 1.82) is 0 Å². The van der Waals surface area contributed by atoms with E-state index in [1.54, 1.807) is 53.2 Å². The number of aromatic amines is 1. The Hall–Kier alpha value is -13.7. The van der Waals surface area contributed by atoms with E-state index in [0.717, 1.165) is 115 Å². The van der Waals surface area contributed by atoms with Gasteiger partial charge in [-0.15, -0.1) is 0 Å². The molecule has 0 amide bonds. The molecular formula is C102H123F9N14O17Si4. The number of para-hydroxylation sites is 4. The van der Waals surface area contributed by atoms with Crippen molar-refractivity contribution in [3.63, 3.8) is 0 Å². The van der Waals surface area contributed by atoms with Crippen molar-refractivity contribution < 1.29 is 98.8 Å². The number of benzene rings is 8. The fourth-order valence-electron chi connectivity index (χ4n) is 14.0. The van der Waals surface area contributed by atoms with Crippen molar-refractivity contribution in [3.8, 4) is 23.0 Å². The summed E-state index contributed by atoms with van der Waals surface area (Å²) in [7, 11) is -4.92. The highest BCUT2D eigenvalue weighted by Gasteiger charge is 2.26. The fraction of sp³-hybridized carbons (Fsp3) is 0.343. The highest BCUT2D eigenvalue weighted by atomic mass is 28.3. The predicted octanol–water partition coefficient (Wildman–Crippen LogP) is 21.3. The van der Waals surface area contributed by atoms with Gasteiger partial charge < -0.3 is 86.2 Å². The number of ether oxygens (including phenoxy) is 8. The summed E-state index contributed by atoms with van der Waals surface area (Å²) < 4.78 is 182. The Balaban J connectivity index is 0.000000209. The molecule has 15 rings (SSSR count). The third kappa shape index (κ3) is 33.9. The average molecular weight is 2100 g/mol. The Morgan fingerprint density at radius 2 is 0.692 bits per heavy atom. The number of aliphatic hydroxyl groups excluding tert-OH is 2. The first kappa shape index (κ1) is 114. The summed E-state index contributed by atoms with van der Waals surface area (Å²) in [4.78, 5) is 76.4. The van der Waals surface area contributed by atoms with E-state index in [4.69, 9.17) is 60.1 Å². The van der Waals surface area contributed by atoms with Crippen LogP contribution in [0.1, 0.15) is 53.8 Å². The number of hydrogen-bond acceptors (Lipinski definition) is 22. The molecule has 0 unspecified atom stereocenters. The monoisotopic (exact) mass is 2100 g/mol. The Morgan fingerprint density at radius 3 is 0.979 bits per heavy atom. The Kier molecular flexibility index (Phi) is 42.6. The largest absolute Gasteiger partial charge is 0.486 e. The number of fused-ring (bicyclic) bond motifs is 4. The molecule has 782 valence electrons. The number of alkyl halides is 1. The maximum Gasteiger partial charge on any atom is 0.334 e. The normalized spacial score (nSPS) is 11.5. The van der Waals surface area contributed by atoms with Crippen LogP contribution in [0.15, 0.2) is 215 Å². The first-order valence-corrected chi connectivity index (χ1v) is 61.2. The van der Waals surface area contributed by atoms with E-state index in [1.165, 1.54) is 76.1 Å². The molecule has 0 bridgehead atoms. The molecule has 0 aliphatic rings. The molecular weight excluding hydrogens is 1980 g/mol. The molecule has 0 saturated heterocycles. The van der Waals surface area contributed by atoms with Gasteiger partial charge in [-0.3, -0.25) is 39.0 Å². The summed E-state index contributed by atoms with van der Waals surface area (Å²) in [6, 6.07) is 47.8. The van der Waals surface area contributed by atoms with E-state index in [-0.39, 0.29) is 94.3 Å². The van der Waals surface area contributed by atoms with Crippen LogP contribution in [0.5, 0.6) is 23.0 Å². The van der Waals surface area contributed by atoms with Gasteiger partial charge in [0.05, 0.1) is 59.2 Å². The lowest BCUT2D eigenvalue weighted by atomic mass is 10.2. The standard InChI is InChI=1S/C26H28F2N4O5Si.C26H30F2N4O3Si.C22H28F2N2O2Si.C21H26F2N2O3Si.C5H4N2O3.CH3F.CH4O/c1-38(2,3)13-12-36-17-31-21-6-4-8-23(37-16-18-9-10-19(27)14-20(18)28)25(21)29-24(31)15-30-11-5-7-22(26(30)33)32(34)35;1-36(2,3)13-12-34-17-32-22-7-4-8-23(35-16-18-9-10-19(27)14-20(18)28)25(22)30-24(32)15-31-11-5-6-21(29)26(31)33;1-5-21-25-22-19(26(21)15-27-11-12-29(2,3)4)7-6-8-20(22)28-14-16-9-10-17(23)13-18(16)24;1-29(2,3)10-9-27-14-25-18-5-4-6-19(21(18)24-20(25)12-26)28-13-15-7-8-16(22)11-17(15)23;8-5-4(7(9)10)2-1-3-6-5;2*1-2/h4-11,14H,12-13,15-17H2,1-3H3;4-11,14H,12-13,15-17,29H2,1-3H3;6-10,13H,5,11-12,14-15H2,1-4H3;4-8,11,26H,9-10,12-14H2,1-3H3;1-3H,(H,6,8);1H3;2H,1H3/i;;;;;1D;. The van der Waals surface area contributed by atoms with Gasteiger partial charge in [0.25, 0.3) is 5.56 Å². The van der Waals surface area contributed by atoms with Crippen molar-refractivity contribution in [1.82, 2.24) is 52.3 Å². The van der Waals surface area contributed by atoms with Gasteiger partial charge in [0.15, 0.2) is 0 Å². The van der Waals surface area contributed by atoms with Crippen LogP contribution in [0, 0.1) is 66.8 Å². The van der Waals surface area contributed by atoms with Crippen LogP contribution < -0.4 is 41.4 Å². The number of rotatable bonds is 40. The van der Waals surface area contributed by atoms with Crippen molar-refractivity contribution in [3.05, 3.63) is 344 Å². The van der Waals surface area contributed by atoms with E-state index in [9.17, 15) is 79.2 Å². The molecule has 0 aliphatic carbocycles. The van der Waals surface area contributed by atoms with Crippen LogP contribution in [0.4, 0.5) is 56.6 Å². The van der Waals surface area contributed by atoms with Gasteiger partial charge >= 0.3 is 22.5 Å². The number of aromatic nitrogens is 11. The van der Waals surface area contributed by atoms with Crippen LogP contribution in [0.25, 0.3) is 44.1 Å². The number of aliphatic hydroxyl groups is 2. The van der Waals surface area contributed by atoms with Gasteiger partial charge in [0.2, 0.25) is 0 Å². The smallest absolute Gasteiger partial charge is 0.334 e. The minimum Gasteiger partial charge on any atom is -0.486 e. The number of imidazole rings is 4. The number of pyridine rings is 3. The molecule has 31 nitrogen and oxygen atoms in total. The molecule has 0 aliphatic heterocycles. The van der Waals surface area contributed by atoms with Crippen LogP contribution in [-0.2, 0) is 98.4 Å². The molecule has 5 N–H and O–H groups in total. The van der Waals surface area contributed by atoms with Crippen LogP contribution in [0.2, 0.25) is 103 Å². The zero-order valence-corrected chi connectivity index (χ0v) is 87.8. The number of hydrogen-bond donors (Lipinski definition) is 4. The highest BCUT2D eigenvalue weighted by Crippen LogP contribution is 2.34. The average Bonchev–Trinajstić information content (AvgIpc) is 1.61. The third-order valence-corrected chi connectivity index (χ3v) is 28.9. The molecule has 8 aromatic carbocycles. The molecule has 0 spiro atoms. The summed E-state index contributed by atoms with van der Waals surface area (Å²) in [5.74, 6) is -0.987. The zero-order valence-electron chi connectivity index (χ0n) is 84.8. The van der Waals surface area contributed by atoms with Crippen LogP contribution in [0.3, 0.4) is 0 Å². The number of halogens is 9. The van der Waals surface area contributed by atoms with E-state index in [0.29, 0.717) is 94.7 Å². The number of nitrogen functional groups attached to an aromatic ring is 1. The van der Waals surface area contributed by atoms with Crippen molar-refractivity contribution in [2.24, 2.45) is 0 Å². The number of anilines is 1. The molecule has 7 aromatic heterocycles. The van der Waals surface area contributed by atoms with Gasteiger partial charge in [-0.1, -0.05) is 110 Å². The molecule has 0 fully saturated rings. The minimum absolute atomic E-state index is 0.00621. The first-order chi connectivity index (χ1) is 69.8. The zero-order chi connectivity index (χ0) is 108. The van der Waals surface area contributed by atoms with Gasteiger partial charge in [0.1, 0.15) is 175 Å². The lowest BCUT2D eigenvalue weighted by Gasteiger charge is -2.16. The van der Waals surface area contributed by atoms with E-state index in [2.05, 4.69) is 98.1 Å². The Morgan fingerprint density at radius 1 is 0.404 bits per heavy atom. The molecule has 44 heteroatoms. The van der Waals surface area contributed by atoms with Crippen molar-refractivity contribution in [2.75, 3.05) is 46.4 Å². The summed E-state index contributed by atoms with van der Waals surface area (Å²) in [5, 5.41) is 38.0. The Bertz CT molecular complexity index is 6950. The van der Waals surface area contributed by atoms with Crippen LogP contribution >= 0.6 is 0 Å². The third-order valence-electron chi connectivity index (χ3n) is 22.1. The van der Waals surface area contributed by atoms with E-state index >= 15 is 0 Å². The summed E-state index contributed by atoms with van der Waals surface area (Å²) in [6.45, 7) is 32.8. The highest BCUT2D eigenvalue weighted by molar-refractivity contribution is 6.77. The SMILES string of the molecule is CCc1nc2c(OCc3ccc(F)cc3F)cccc2n1COCC[Si](C)(C)C.CO.C[Si](C)(C)CCOCn1c(CO)nc2c(OCc3ccc(F)cc3F)cccc21.C[Si](C)(C)CCOCn1c(Cn2cccc(N)c2=O)nc2c(OCc3ccc(F)cc3F)cccc21.C[Si](C)(C)CCOCn1c(Cn2cccc([N+](=O)[O-])c2=O)nc2c(OCc3ccc(F)cc3F)cccc21.O=c1[nH]cccc1[N+](=O)[O-].[2H]CF. The molecule has 0 saturated carbocycles. The molecule has 0 radical (unpaired) electrons. The lowest BCUT2D eigenvalue weighted by Crippen LogP contribution is -2.24. The summed E-state index contributed by atoms with van der Waals surface area (Å²) in [6.07, 6.45) is 5.22. The quantitative estimate of drug-likeness (QED) is 0.00911. The minimum atomic E-state index is -1.33. The fourth-order valence-corrected chi connectivity index (χ4v) is 17.0. The van der Waals surface area contributed by atoms with Gasteiger partial charge in [-0.25, -0.2) is 55.1 Å². The number of nitro groups is 2. The van der Waals surface area contributed by atoms with E-state index in [1.807, 2.05) is 58.5 Å². The van der Waals surface area contributed by atoms with Gasteiger partial charge in [-0.2, -0.15) is 0 Å². The number of nitrogens with two attached hydrogens (primary N) is 1. The molecule has 0 atom stereocenters. The number of nitrogens with one attached hydrogen (secondary N) is 1. The van der Waals surface area contributed by atoms with Gasteiger partial charge in [0, 0.05) is 149 Å². The second-order valence-corrected chi connectivity index (χ2v) is 60.4. The summed E-state index contributed by atoms with van der Waals surface area (Å²) in [5.41, 5.74) is 9.62. The maximum atomic E-state index is 14.1. The Labute approximate surface area is 842 Å². The summed E-state index contributed by atoms with van der Waals surface area (Å²) >= 11 is 0. The predicted molar refractivity (Wildman–Crippen MR) is 553 cm³/mol. The second kappa shape index (κ2) is 54.5. The van der Waals surface area contributed by atoms with Crippen LogP contribution in [-0.4, -0.2) is 145 Å². The van der Waals surface area contributed by atoms with E-state index < -0.39 is 118 Å². The molecule has 146 heavy (non-hydrogen) atoms.